The fraction of sp³-hybridized carbons (Fsp3) is 0.370. The summed E-state index contributed by atoms with van der Waals surface area (Å²) in [7, 11) is -3.36. The average molecular weight is 607 g/mol. The molecule has 2 aromatic carbocycles. The fourth-order valence-electron chi connectivity index (χ4n) is 4.16. The number of anilines is 1. The Bertz CT molecular complexity index is 1330. The number of thiophene rings is 1. The molecule has 10 heteroatoms. The van der Waals surface area contributed by atoms with Crippen LogP contribution in [0.4, 0.5) is 5.69 Å². The first kappa shape index (κ1) is 27.6. The lowest BCUT2D eigenvalue weighted by molar-refractivity contribution is 0.0460. The summed E-state index contributed by atoms with van der Waals surface area (Å²) >= 11 is 4.49. The molecule has 1 fully saturated rings. The van der Waals surface area contributed by atoms with Crippen molar-refractivity contribution in [2.45, 2.75) is 38.5 Å². The molecule has 0 aliphatic carbocycles. The van der Waals surface area contributed by atoms with Crippen LogP contribution in [-0.4, -0.2) is 44.4 Å². The van der Waals surface area contributed by atoms with Crippen LogP contribution >= 0.6 is 27.3 Å². The molecule has 0 saturated carbocycles. The molecule has 0 spiro atoms. The molecule has 0 atom stereocenters. The van der Waals surface area contributed by atoms with Crippen molar-refractivity contribution in [3.05, 3.63) is 69.5 Å². The maximum absolute atomic E-state index is 12.8. The van der Waals surface area contributed by atoms with Crippen LogP contribution < -0.4 is 5.32 Å². The maximum atomic E-state index is 12.8. The molecule has 1 N–H and O–H groups in total. The number of piperidine rings is 1. The summed E-state index contributed by atoms with van der Waals surface area (Å²) in [5, 5.41) is 16.2. The number of esters is 1. The van der Waals surface area contributed by atoms with Gasteiger partial charge in [0.2, 0.25) is 15.8 Å². The summed E-state index contributed by atoms with van der Waals surface area (Å²) in [6.45, 7) is 5.06. The van der Waals surface area contributed by atoms with Crippen LogP contribution in [0.5, 0.6) is 5.75 Å². The van der Waals surface area contributed by atoms with Gasteiger partial charge in [0.15, 0.2) is 4.88 Å². The molecule has 1 aliphatic rings. The van der Waals surface area contributed by atoms with Gasteiger partial charge in [-0.3, -0.25) is 5.11 Å². The molecule has 1 aromatic heterocycles. The molecule has 4 rings (SSSR count). The Morgan fingerprint density at radius 1 is 1.14 bits per heavy atom. The molecule has 2 heterocycles. The van der Waals surface area contributed by atoms with E-state index in [0.717, 1.165) is 28.2 Å². The number of rotatable bonds is 9. The predicted octanol–water partition coefficient (Wildman–Crippen LogP) is 6.54. The highest BCUT2D eigenvalue weighted by atomic mass is 79.9. The van der Waals surface area contributed by atoms with Gasteiger partial charge in [0.05, 0.1) is 21.7 Å². The van der Waals surface area contributed by atoms with E-state index in [1.165, 1.54) is 0 Å². The van der Waals surface area contributed by atoms with Crippen molar-refractivity contribution in [3.8, 4) is 16.2 Å². The van der Waals surface area contributed by atoms with Crippen molar-refractivity contribution >= 4 is 48.9 Å². The van der Waals surface area contributed by atoms with E-state index in [2.05, 4.69) is 21.2 Å². The third-order valence-electron chi connectivity index (χ3n) is 6.08. The number of carbonyl (C=O) groups is 1. The van der Waals surface area contributed by atoms with Crippen molar-refractivity contribution in [2.75, 3.05) is 25.0 Å². The van der Waals surface area contributed by atoms with E-state index in [4.69, 9.17) is 4.74 Å². The number of benzene rings is 2. The van der Waals surface area contributed by atoms with Crippen LogP contribution in [-0.2, 0) is 25.6 Å². The molecule has 7 nitrogen and oxygen atoms in total. The molecule has 197 valence electrons. The SMILES string of the molecule is CC(C)COC(=O)c1sc(-c2cccc(NC3CCN(S(=O)(=O)Cc4ccccc4)CC3)c2)c(Br)c1[O]. The number of nitrogens with zero attached hydrogens (tertiary/aromatic N) is 1. The van der Waals surface area contributed by atoms with E-state index in [-0.39, 0.29) is 34.9 Å². The van der Waals surface area contributed by atoms with E-state index < -0.39 is 16.0 Å². The molecule has 37 heavy (non-hydrogen) atoms. The zero-order valence-electron chi connectivity index (χ0n) is 20.8. The lowest BCUT2D eigenvalue weighted by atomic mass is 10.1. The van der Waals surface area contributed by atoms with Gasteiger partial charge in [-0.05, 0) is 57.9 Å². The zero-order valence-corrected chi connectivity index (χ0v) is 24.0. The van der Waals surface area contributed by atoms with Gasteiger partial charge in [-0.2, -0.15) is 0 Å². The second-order valence-corrected chi connectivity index (χ2v) is 13.3. The number of nitrogens with one attached hydrogen (secondary N) is 1. The largest absolute Gasteiger partial charge is 0.461 e. The van der Waals surface area contributed by atoms with Crippen LogP contribution in [0.2, 0.25) is 0 Å². The second-order valence-electron chi connectivity index (χ2n) is 9.54. The standard InChI is InChI=1S/C27H30BrN2O5S2/c1-18(2)16-35-27(32)26-24(31)23(28)25(36-26)20-9-6-10-22(15-20)29-21-11-13-30(14-12-21)37(33,34)17-19-7-4-3-5-8-19/h3-10,15,18,21,29H,11-14,16-17H2,1-2H3. The minimum atomic E-state index is -3.36. The second kappa shape index (κ2) is 12.0. The van der Waals surface area contributed by atoms with Crippen molar-refractivity contribution in [3.63, 3.8) is 0 Å². The minimum absolute atomic E-state index is 0.0123. The normalized spacial score (nSPS) is 15.1. The summed E-state index contributed by atoms with van der Waals surface area (Å²) in [5.74, 6) is -0.770. The van der Waals surface area contributed by atoms with E-state index >= 15 is 0 Å². The Hall–Kier alpha value is -2.40. The number of hydrogen-bond acceptors (Lipinski definition) is 6. The summed E-state index contributed by atoms with van der Waals surface area (Å²) in [6, 6.07) is 17.0. The quantitative estimate of drug-likeness (QED) is 0.279. The van der Waals surface area contributed by atoms with Crippen LogP contribution in [0, 0.1) is 5.92 Å². The smallest absolute Gasteiger partial charge is 0.352 e. The average Bonchev–Trinajstić information content (AvgIpc) is 3.17. The van der Waals surface area contributed by atoms with Gasteiger partial charge in [-0.1, -0.05) is 56.3 Å². The Labute approximate surface area is 230 Å². The van der Waals surface area contributed by atoms with Crippen LogP contribution in [0.3, 0.4) is 0 Å². The molecule has 3 aromatic rings. The van der Waals surface area contributed by atoms with E-state index in [9.17, 15) is 18.3 Å². The van der Waals surface area contributed by atoms with Crippen LogP contribution in [0.1, 0.15) is 41.9 Å². The lowest BCUT2D eigenvalue weighted by Gasteiger charge is -2.32. The molecule has 1 radical (unpaired) electrons. The number of ether oxygens (including phenoxy) is 1. The van der Waals surface area contributed by atoms with Gasteiger partial charge in [-0.15, -0.1) is 11.3 Å². The first-order valence-corrected chi connectivity index (χ1v) is 15.4. The predicted molar refractivity (Wildman–Crippen MR) is 150 cm³/mol. The highest BCUT2D eigenvalue weighted by Crippen LogP contribution is 2.46. The first-order chi connectivity index (χ1) is 17.6. The van der Waals surface area contributed by atoms with Gasteiger partial charge in [0.25, 0.3) is 0 Å². The molecular weight excluding hydrogens is 576 g/mol. The van der Waals surface area contributed by atoms with Crippen molar-refractivity contribution in [2.24, 2.45) is 5.92 Å². The first-order valence-electron chi connectivity index (χ1n) is 12.2. The summed E-state index contributed by atoms with van der Waals surface area (Å²) in [6.07, 6.45) is 1.38. The number of sulfonamides is 1. The van der Waals surface area contributed by atoms with Crippen molar-refractivity contribution < 1.29 is 23.1 Å². The van der Waals surface area contributed by atoms with Gasteiger partial charge >= 0.3 is 5.97 Å². The Morgan fingerprint density at radius 3 is 2.51 bits per heavy atom. The van der Waals surface area contributed by atoms with E-state index in [1.807, 2.05) is 68.4 Å². The van der Waals surface area contributed by atoms with Crippen molar-refractivity contribution in [1.82, 2.24) is 4.31 Å². The number of hydrogen-bond donors (Lipinski definition) is 1. The third-order valence-corrected chi connectivity index (χ3v) is 10.1. The molecule has 0 bridgehead atoms. The highest BCUT2D eigenvalue weighted by molar-refractivity contribution is 9.10. The Morgan fingerprint density at radius 2 is 1.84 bits per heavy atom. The maximum Gasteiger partial charge on any atom is 0.352 e. The monoisotopic (exact) mass is 605 g/mol. The molecule has 0 amide bonds. The molecule has 1 aliphatic heterocycles. The lowest BCUT2D eigenvalue weighted by Crippen LogP contribution is -2.42. The van der Waals surface area contributed by atoms with E-state index in [1.54, 1.807) is 4.31 Å². The number of carbonyl (C=O) groups excluding carboxylic acids is 1. The van der Waals surface area contributed by atoms with Gasteiger partial charge in [0, 0.05) is 24.8 Å². The van der Waals surface area contributed by atoms with E-state index in [0.29, 0.717) is 35.3 Å². The Balaban J connectivity index is 1.40. The Kier molecular flexibility index (Phi) is 8.94. The molecule has 0 unspecified atom stereocenters. The number of halogens is 1. The van der Waals surface area contributed by atoms with Gasteiger partial charge in [-0.25, -0.2) is 17.5 Å². The van der Waals surface area contributed by atoms with Crippen LogP contribution in [0.15, 0.2) is 59.1 Å². The zero-order chi connectivity index (χ0) is 26.6. The minimum Gasteiger partial charge on any atom is -0.461 e. The summed E-state index contributed by atoms with van der Waals surface area (Å²) in [4.78, 5) is 13.1. The van der Waals surface area contributed by atoms with Gasteiger partial charge in [0.1, 0.15) is 0 Å². The van der Waals surface area contributed by atoms with Crippen LogP contribution in [0.25, 0.3) is 10.4 Å². The van der Waals surface area contributed by atoms with Gasteiger partial charge < -0.3 is 10.1 Å². The third kappa shape index (κ3) is 6.93. The topological polar surface area (TPSA) is 95.6 Å². The van der Waals surface area contributed by atoms with Crippen molar-refractivity contribution in [1.29, 1.82) is 0 Å². The summed E-state index contributed by atoms with van der Waals surface area (Å²) in [5.41, 5.74) is 2.47. The summed E-state index contributed by atoms with van der Waals surface area (Å²) < 4.78 is 32.9. The molecule has 1 saturated heterocycles. The molecular formula is C27H30BrN2O5S2. The highest BCUT2D eigenvalue weighted by Gasteiger charge is 2.29. The fourth-order valence-corrected chi connectivity index (χ4v) is 7.50.